The van der Waals surface area contributed by atoms with Gasteiger partial charge in [-0.15, -0.1) is 0 Å². The minimum absolute atomic E-state index is 0.210. The fourth-order valence-corrected chi connectivity index (χ4v) is 3.98. The second-order valence-corrected chi connectivity index (χ2v) is 6.93. The maximum absolute atomic E-state index is 5.89. The van der Waals surface area contributed by atoms with E-state index >= 15 is 0 Å². The van der Waals surface area contributed by atoms with Crippen LogP contribution in [0.4, 0.5) is 5.69 Å². The van der Waals surface area contributed by atoms with Gasteiger partial charge in [0.15, 0.2) is 0 Å². The van der Waals surface area contributed by atoms with Crippen molar-refractivity contribution in [2.75, 3.05) is 31.1 Å². The second-order valence-electron chi connectivity index (χ2n) is 6.08. The Morgan fingerprint density at radius 1 is 1.38 bits per heavy atom. The predicted octanol–water partition coefficient (Wildman–Crippen LogP) is 3.26. The lowest BCUT2D eigenvalue weighted by atomic mass is 10.1. The van der Waals surface area contributed by atoms with Crippen molar-refractivity contribution in [2.45, 2.75) is 45.7 Å². The molecule has 0 aromatic heterocycles. The van der Waals surface area contributed by atoms with Gasteiger partial charge in [0.2, 0.25) is 0 Å². The van der Waals surface area contributed by atoms with E-state index in [9.17, 15) is 0 Å². The summed E-state index contributed by atoms with van der Waals surface area (Å²) in [6, 6.07) is 7.58. The summed E-state index contributed by atoms with van der Waals surface area (Å²) in [6.07, 6.45) is 2.19. The highest BCUT2D eigenvalue weighted by atomic mass is 79.9. The summed E-state index contributed by atoms with van der Waals surface area (Å²) >= 11 is 3.74. The highest BCUT2D eigenvalue weighted by molar-refractivity contribution is 9.10. The Morgan fingerprint density at radius 2 is 2.10 bits per heavy atom. The van der Waals surface area contributed by atoms with Crippen molar-refractivity contribution >= 4 is 21.6 Å². The van der Waals surface area contributed by atoms with Crippen LogP contribution in [0, 0.1) is 0 Å². The van der Waals surface area contributed by atoms with Gasteiger partial charge in [0.05, 0.1) is 5.69 Å². The first kappa shape index (κ1) is 16.8. The number of nitrogens with zero attached hydrogens (tertiary/aromatic N) is 2. The number of nitrogens with two attached hydrogens (primary N) is 1. The summed E-state index contributed by atoms with van der Waals surface area (Å²) in [5.74, 6) is 0. The van der Waals surface area contributed by atoms with E-state index in [1.807, 2.05) is 0 Å². The topological polar surface area (TPSA) is 32.5 Å². The van der Waals surface area contributed by atoms with Crippen LogP contribution in [0.2, 0.25) is 0 Å². The highest BCUT2D eigenvalue weighted by Crippen LogP contribution is 2.31. The van der Waals surface area contributed by atoms with E-state index in [1.165, 1.54) is 22.1 Å². The summed E-state index contributed by atoms with van der Waals surface area (Å²) in [7, 11) is 0. The van der Waals surface area contributed by atoms with E-state index in [2.05, 4.69) is 64.7 Å². The zero-order valence-electron chi connectivity index (χ0n) is 13.5. The first-order valence-electron chi connectivity index (χ1n) is 8.08. The van der Waals surface area contributed by atoms with Gasteiger partial charge < -0.3 is 10.6 Å². The first-order valence-corrected chi connectivity index (χ1v) is 8.87. The van der Waals surface area contributed by atoms with E-state index in [0.717, 1.165) is 32.6 Å². The third kappa shape index (κ3) is 4.21. The fourth-order valence-electron chi connectivity index (χ4n) is 3.30. The Labute approximate surface area is 137 Å². The first-order chi connectivity index (χ1) is 10.0. The van der Waals surface area contributed by atoms with Gasteiger partial charge in [0.25, 0.3) is 0 Å². The van der Waals surface area contributed by atoms with E-state index in [1.54, 1.807) is 0 Å². The molecular formula is C17H28BrN3. The van der Waals surface area contributed by atoms with Crippen LogP contribution < -0.4 is 10.6 Å². The van der Waals surface area contributed by atoms with Crippen molar-refractivity contribution in [3.05, 3.63) is 28.2 Å². The fraction of sp³-hybridized carbons (Fsp3) is 0.647. The lowest BCUT2D eigenvalue weighted by molar-refractivity contribution is 0.232. The van der Waals surface area contributed by atoms with Gasteiger partial charge in [-0.2, -0.15) is 0 Å². The van der Waals surface area contributed by atoms with Crippen LogP contribution in [-0.4, -0.2) is 43.2 Å². The molecule has 118 valence electrons. The molecule has 3 nitrogen and oxygen atoms in total. The zero-order chi connectivity index (χ0) is 15.4. The number of benzene rings is 1. The van der Waals surface area contributed by atoms with Crippen molar-refractivity contribution in [3.8, 4) is 0 Å². The lowest BCUT2D eigenvalue weighted by Gasteiger charge is -2.27. The third-order valence-electron chi connectivity index (χ3n) is 4.40. The smallest absolute Gasteiger partial charge is 0.0511 e. The molecule has 0 bridgehead atoms. The number of rotatable bonds is 6. The summed E-state index contributed by atoms with van der Waals surface area (Å²) < 4.78 is 1.20. The van der Waals surface area contributed by atoms with E-state index in [4.69, 9.17) is 5.73 Å². The van der Waals surface area contributed by atoms with Gasteiger partial charge in [-0.3, -0.25) is 4.90 Å². The van der Waals surface area contributed by atoms with Gasteiger partial charge in [-0.25, -0.2) is 0 Å². The average Bonchev–Trinajstić information content (AvgIpc) is 2.89. The van der Waals surface area contributed by atoms with Crippen molar-refractivity contribution < 1.29 is 0 Å². The molecule has 0 saturated carbocycles. The van der Waals surface area contributed by atoms with Crippen LogP contribution in [0.15, 0.2) is 22.7 Å². The van der Waals surface area contributed by atoms with Gasteiger partial charge >= 0.3 is 0 Å². The molecule has 1 fully saturated rings. The molecule has 2 rings (SSSR count). The normalized spacial score (nSPS) is 20.3. The predicted molar refractivity (Wildman–Crippen MR) is 95.0 cm³/mol. The number of likely N-dealkylation sites (N-methyl/N-ethyl adjacent to an activating group) is 1. The van der Waals surface area contributed by atoms with Crippen LogP contribution in [-0.2, 0) is 6.42 Å². The highest BCUT2D eigenvalue weighted by Gasteiger charge is 2.27. The summed E-state index contributed by atoms with van der Waals surface area (Å²) in [5, 5.41) is 0. The number of hydrogen-bond acceptors (Lipinski definition) is 3. The Balaban J connectivity index is 2.06. The molecule has 1 saturated heterocycles. The van der Waals surface area contributed by atoms with Crippen LogP contribution in [0.1, 0.15) is 32.8 Å². The molecule has 1 aliphatic rings. The number of anilines is 1. The Morgan fingerprint density at radius 3 is 2.67 bits per heavy atom. The summed E-state index contributed by atoms with van der Waals surface area (Å²) in [4.78, 5) is 5.07. The average molecular weight is 354 g/mol. The number of halogens is 1. The Hall–Kier alpha value is -0.580. The molecule has 1 heterocycles. The van der Waals surface area contributed by atoms with E-state index < -0.39 is 0 Å². The summed E-state index contributed by atoms with van der Waals surface area (Å²) in [6.45, 7) is 11.1. The van der Waals surface area contributed by atoms with Gasteiger partial charge in [-0.05, 0) is 66.5 Å². The van der Waals surface area contributed by atoms with E-state index in [0.29, 0.717) is 6.04 Å². The largest absolute Gasteiger partial charge is 0.369 e. The van der Waals surface area contributed by atoms with Gasteiger partial charge in [-0.1, -0.05) is 19.9 Å². The summed E-state index contributed by atoms with van der Waals surface area (Å²) in [5.41, 5.74) is 8.51. The van der Waals surface area contributed by atoms with E-state index in [-0.39, 0.29) is 6.04 Å². The molecule has 0 radical (unpaired) electrons. The molecule has 2 N–H and O–H groups in total. The molecule has 4 heteroatoms. The maximum Gasteiger partial charge on any atom is 0.0511 e. The standard InChI is InChI=1S/C17H28BrN3/c1-4-20(5-2)15-8-9-21(12-15)17-7-6-14(10-13(3)19)11-16(17)18/h6-7,11,13,15H,4-5,8-10,12,19H2,1-3H3. The van der Waals surface area contributed by atoms with Gasteiger partial charge in [0.1, 0.15) is 0 Å². The Kier molecular flexibility index (Phi) is 6.08. The third-order valence-corrected chi connectivity index (χ3v) is 5.04. The molecule has 1 aromatic rings. The van der Waals surface area contributed by atoms with Crippen LogP contribution in [0.25, 0.3) is 0 Å². The minimum atomic E-state index is 0.210. The quantitative estimate of drug-likeness (QED) is 0.851. The molecule has 1 aliphatic heterocycles. The minimum Gasteiger partial charge on any atom is -0.369 e. The molecule has 2 atom stereocenters. The van der Waals surface area contributed by atoms with Crippen LogP contribution in [0.3, 0.4) is 0 Å². The second kappa shape index (κ2) is 7.61. The lowest BCUT2D eigenvalue weighted by Crippen LogP contribution is -2.37. The molecule has 0 aliphatic carbocycles. The Bertz CT molecular complexity index is 457. The molecule has 2 unspecified atom stereocenters. The molecular weight excluding hydrogens is 326 g/mol. The van der Waals surface area contributed by atoms with Crippen LogP contribution >= 0.6 is 15.9 Å². The van der Waals surface area contributed by atoms with Crippen molar-refractivity contribution in [2.24, 2.45) is 5.73 Å². The molecule has 21 heavy (non-hydrogen) atoms. The van der Waals surface area contributed by atoms with Crippen molar-refractivity contribution in [3.63, 3.8) is 0 Å². The monoisotopic (exact) mass is 353 g/mol. The van der Waals surface area contributed by atoms with Crippen molar-refractivity contribution in [1.82, 2.24) is 4.90 Å². The van der Waals surface area contributed by atoms with Crippen LogP contribution in [0.5, 0.6) is 0 Å². The number of hydrogen-bond donors (Lipinski definition) is 1. The molecule has 0 amide bonds. The maximum atomic E-state index is 5.89. The van der Waals surface area contributed by atoms with Crippen molar-refractivity contribution in [1.29, 1.82) is 0 Å². The molecule has 1 aromatic carbocycles. The SMILES string of the molecule is CCN(CC)C1CCN(c2ccc(CC(C)N)cc2Br)C1. The van der Waals surface area contributed by atoms with Gasteiger partial charge in [0, 0.05) is 29.6 Å². The zero-order valence-corrected chi connectivity index (χ0v) is 15.1. The molecule has 0 spiro atoms.